The number of benzene rings is 2. The molecule has 0 fully saturated rings. The van der Waals surface area contributed by atoms with Crippen molar-refractivity contribution < 1.29 is 9.53 Å². The first-order chi connectivity index (χ1) is 20.0. The molecule has 0 bridgehead atoms. The first-order valence-electron chi connectivity index (χ1n) is 15.9. The van der Waals surface area contributed by atoms with Crippen molar-refractivity contribution in [3.05, 3.63) is 69.7 Å². The second-order valence-corrected chi connectivity index (χ2v) is 12.9. The predicted molar refractivity (Wildman–Crippen MR) is 188 cm³/mol. The van der Waals surface area contributed by atoms with E-state index in [9.17, 15) is 4.79 Å². The monoisotopic (exact) mass is 678 g/mol. The molecule has 1 amide bonds. The molecular weight excluding hydrogens is 628 g/mol. The lowest BCUT2D eigenvalue weighted by molar-refractivity contribution is -0.118. The van der Waals surface area contributed by atoms with E-state index >= 15 is 0 Å². The maximum absolute atomic E-state index is 13.0. The molecular formula is C35H52BrClN2O2S. The summed E-state index contributed by atoms with van der Waals surface area (Å²) < 4.78 is 6.00. The molecule has 1 heterocycles. The van der Waals surface area contributed by atoms with Gasteiger partial charge in [-0.2, -0.15) is 0 Å². The van der Waals surface area contributed by atoms with Gasteiger partial charge in [0.15, 0.2) is 0 Å². The van der Waals surface area contributed by atoms with Gasteiger partial charge in [-0.15, -0.1) is 28.7 Å². The number of amides is 1. The average molecular weight is 680 g/mol. The number of hydrogen-bond donors (Lipinski definition) is 0. The highest BCUT2D eigenvalue weighted by atomic mass is 79.9. The van der Waals surface area contributed by atoms with Crippen LogP contribution in [-0.2, 0) is 17.9 Å². The first-order valence-corrected chi connectivity index (χ1v) is 17.2. The molecule has 7 heteroatoms. The molecule has 0 aliphatic carbocycles. The summed E-state index contributed by atoms with van der Waals surface area (Å²) in [4.78, 5) is 18.5. The van der Waals surface area contributed by atoms with E-state index in [1.54, 1.807) is 0 Å². The van der Waals surface area contributed by atoms with Crippen LogP contribution in [0.15, 0.2) is 53.6 Å². The van der Waals surface area contributed by atoms with Crippen molar-refractivity contribution in [2.45, 2.75) is 117 Å². The molecule has 2 aromatic rings. The van der Waals surface area contributed by atoms with Crippen molar-refractivity contribution in [3.8, 4) is 5.75 Å². The second kappa shape index (κ2) is 21.1. The number of hydrogen-bond acceptors (Lipinski definition) is 4. The van der Waals surface area contributed by atoms with Crippen LogP contribution in [0.3, 0.4) is 0 Å². The number of ether oxygens (including phenoxy) is 1. The number of nitrogens with zero attached hydrogens (tertiary/aromatic N) is 2. The van der Waals surface area contributed by atoms with E-state index in [1.165, 1.54) is 81.1 Å². The fraction of sp³-hybridized carbons (Fsp3) is 0.571. The van der Waals surface area contributed by atoms with Gasteiger partial charge in [0.2, 0.25) is 5.91 Å². The van der Waals surface area contributed by atoms with Crippen molar-refractivity contribution in [2.75, 3.05) is 17.4 Å². The summed E-state index contributed by atoms with van der Waals surface area (Å²) >= 11 is 8.47. The second-order valence-electron chi connectivity index (χ2n) is 11.3. The minimum atomic E-state index is 0. The number of unbranched alkanes of at least 4 members (excludes halogenated alkanes) is 11. The first kappa shape index (κ1) is 36.6. The van der Waals surface area contributed by atoms with E-state index in [1.807, 2.05) is 53.9 Å². The van der Waals surface area contributed by atoms with Crippen LogP contribution in [0.25, 0.3) is 0 Å². The van der Waals surface area contributed by atoms with Crippen LogP contribution in [0.4, 0.5) is 5.69 Å². The molecule has 0 radical (unpaired) electrons. The molecule has 2 aromatic carbocycles. The summed E-state index contributed by atoms with van der Waals surface area (Å²) in [5.41, 5.74) is 3.11. The Morgan fingerprint density at radius 2 is 1.57 bits per heavy atom. The number of anilines is 1. The van der Waals surface area contributed by atoms with E-state index in [2.05, 4.69) is 37.1 Å². The van der Waals surface area contributed by atoms with Crippen LogP contribution in [0.2, 0.25) is 5.02 Å². The average Bonchev–Trinajstić information content (AvgIpc) is 3.38. The zero-order valence-corrected chi connectivity index (χ0v) is 29.3. The highest BCUT2D eigenvalue weighted by Crippen LogP contribution is 2.29. The van der Waals surface area contributed by atoms with Crippen molar-refractivity contribution in [1.29, 1.82) is 0 Å². The molecule has 0 aromatic heterocycles. The Balaban J connectivity index is 0.00000616. The van der Waals surface area contributed by atoms with Crippen LogP contribution >= 0.6 is 40.3 Å². The highest BCUT2D eigenvalue weighted by molar-refractivity contribution is 8.93. The Morgan fingerprint density at radius 1 is 0.905 bits per heavy atom. The van der Waals surface area contributed by atoms with E-state index in [0.717, 1.165) is 35.8 Å². The summed E-state index contributed by atoms with van der Waals surface area (Å²) in [6, 6.07) is 14.2. The molecule has 0 saturated carbocycles. The smallest absolute Gasteiger partial charge is 0.227 e. The van der Waals surface area contributed by atoms with Crippen LogP contribution in [0, 0.1) is 0 Å². The third kappa shape index (κ3) is 13.3. The third-order valence-electron chi connectivity index (χ3n) is 7.63. The topological polar surface area (TPSA) is 32.8 Å². The van der Waals surface area contributed by atoms with Crippen molar-refractivity contribution in [2.24, 2.45) is 0 Å². The van der Waals surface area contributed by atoms with Crippen LogP contribution < -0.4 is 9.64 Å². The number of rotatable bonds is 20. The van der Waals surface area contributed by atoms with Gasteiger partial charge in [0.1, 0.15) is 5.75 Å². The molecule has 1 aliphatic rings. The van der Waals surface area contributed by atoms with Gasteiger partial charge < -0.3 is 14.5 Å². The number of halogens is 2. The minimum Gasteiger partial charge on any atom is -0.492 e. The molecule has 234 valence electrons. The summed E-state index contributed by atoms with van der Waals surface area (Å²) in [7, 11) is 0. The fourth-order valence-corrected chi connectivity index (χ4v) is 6.26. The Labute approximate surface area is 275 Å². The maximum atomic E-state index is 13.0. The molecule has 1 aliphatic heterocycles. The molecule has 0 atom stereocenters. The summed E-state index contributed by atoms with van der Waals surface area (Å²) in [5.74, 6) is 1.79. The molecule has 3 rings (SSSR count). The Kier molecular flexibility index (Phi) is 18.4. The molecule has 0 spiro atoms. The lowest BCUT2D eigenvalue weighted by Gasteiger charge is -2.24. The number of thioether (sulfide) groups is 1. The van der Waals surface area contributed by atoms with E-state index < -0.39 is 0 Å². The van der Waals surface area contributed by atoms with Gasteiger partial charge in [0.25, 0.3) is 0 Å². The van der Waals surface area contributed by atoms with Gasteiger partial charge in [-0.05, 0) is 53.6 Å². The quantitative estimate of drug-likeness (QED) is 0.130. The van der Waals surface area contributed by atoms with Crippen molar-refractivity contribution >= 4 is 51.9 Å². The summed E-state index contributed by atoms with van der Waals surface area (Å²) in [6.45, 7) is 8.33. The van der Waals surface area contributed by atoms with Gasteiger partial charge in [0.05, 0.1) is 24.1 Å². The number of carbonyl (C=O) groups is 1. The Morgan fingerprint density at radius 3 is 2.17 bits per heavy atom. The summed E-state index contributed by atoms with van der Waals surface area (Å²) in [6.07, 6.45) is 18.6. The van der Waals surface area contributed by atoms with E-state index in [0.29, 0.717) is 24.6 Å². The molecule has 42 heavy (non-hydrogen) atoms. The maximum Gasteiger partial charge on any atom is 0.227 e. The van der Waals surface area contributed by atoms with Gasteiger partial charge in [0, 0.05) is 24.9 Å². The lowest BCUT2D eigenvalue weighted by atomic mass is 10.1. The van der Waals surface area contributed by atoms with Crippen LogP contribution in [0.1, 0.15) is 115 Å². The van der Waals surface area contributed by atoms with Crippen molar-refractivity contribution in [1.82, 2.24) is 4.90 Å². The zero-order chi connectivity index (χ0) is 29.3. The highest BCUT2D eigenvalue weighted by Gasteiger charge is 2.17. The van der Waals surface area contributed by atoms with Gasteiger partial charge in [-0.3, -0.25) is 4.79 Å². The fourth-order valence-electron chi connectivity index (χ4n) is 5.25. The van der Waals surface area contributed by atoms with E-state index in [4.69, 9.17) is 16.3 Å². The molecule has 0 N–H and O–H groups in total. The number of allylic oxidation sites excluding steroid dienone is 1. The third-order valence-corrected chi connectivity index (χ3v) is 8.94. The standard InChI is InChI=1S/C35H51ClN2O2S.BrH/c1-4-6-7-8-9-10-11-12-13-14-15-16-22-40-34-21-20-31(24-33(34)36)27-38(35(39)5-2)32-19-17-18-30(23-32)26-37-25-29(3)41-28-37;/h17-21,23-25H,4-16,22,26-28H2,1-3H3;1H. The molecule has 4 nitrogen and oxygen atoms in total. The van der Waals surface area contributed by atoms with Crippen LogP contribution in [0.5, 0.6) is 5.75 Å². The predicted octanol–water partition coefficient (Wildman–Crippen LogP) is 11.3. The van der Waals surface area contributed by atoms with Gasteiger partial charge in [-0.1, -0.05) is 114 Å². The Hall–Kier alpha value is -1.63. The van der Waals surface area contributed by atoms with Gasteiger partial charge in [-0.25, -0.2) is 0 Å². The summed E-state index contributed by atoms with van der Waals surface area (Å²) in [5, 5.41) is 0.604. The molecule has 0 unspecified atom stereocenters. The lowest BCUT2D eigenvalue weighted by Crippen LogP contribution is -2.29. The largest absolute Gasteiger partial charge is 0.492 e. The Bertz CT molecular complexity index is 1100. The normalized spacial score (nSPS) is 12.7. The van der Waals surface area contributed by atoms with Crippen LogP contribution in [-0.4, -0.2) is 23.3 Å². The zero-order valence-electron chi connectivity index (χ0n) is 26.0. The molecule has 0 saturated heterocycles. The van der Waals surface area contributed by atoms with Crippen molar-refractivity contribution in [3.63, 3.8) is 0 Å². The van der Waals surface area contributed by atoms with E-state index in [-0.39, 0.29) is 22.9 Å². The van der Waals surface area contributed by atoms with Gasteiger partial charge >= 0.3 is 0 Å². The SMILES string of the molecule is Br.CCCCCCCCCCCCCCOc1ccc(CN(C(=O)CC)c2cccc(CN3C=C(C)SC3)c2)cc1Cl. The minimum absolute atomic E-state index is 0. The number of carbonyl (C=O) groups excluding carboxylic acids is 1.